The number of fused-ring (bicyclic) bond motifs is 1. The van der Waals surface area contributed by atoms with Crippen molar-refractivity contribution in [2.45, 2.75) is 57.2 Å². The molecular weight excluding hydrogens is 648 g/mol. The fourth-order valence-corrected chi connectivity index (χ4v) is 5.09. The SMILES string of the molecule is C#CC[C@@H](O[C@@H](CO)COC(Cc1ccc(-c2cccn(CCO)c2=O)cc1)(C(=O)O)C(=O)O)n1cnc2c(NC(C)C)nc(Cl)nc21. The second-order valence-electron chi connectivity index (χ2n) is 11.0. The smallest absolute Gasteiger partial charge is 0.348 e. The highest BCUT2D eigenvalue weighted by Gasteiger charge is 2.49. The van der Waals surface area contributed by atoms with Crippen molar-refractivity contribution < 1.29 is 39.5 Å². The first-order chi connectivity index (χ1) is 22.9. The number of hydrogen-bond acceptors (Lipinski definition) is 11. The molecule has 2 atom stereocenters. The summed E-state index contributed by atoms with van der Waals surface area (Å²) in [6.45, 7) is 2.37. The number of aliphatic hydroxyl groups is 2. The summed E-state index contributed by atoms with van der Waals surface area (Å²) in [6, 6.07) is 9.35. The number of carbonyl (C=O) groups is 2. The highest BCUT2D eigenvalue weighted by molar-refractivity contribution is 6.28. The van der Waals surface area contributed by atoms with Crippen molar-refractivity contribution >= 4 is 40.5 Å². The van der Waals surface area contributed by atoms with Crippen LogP contribution in [-0.4, -0.2) is 94.0 Å². The monoisotopic (exact) mass is 682 g/mol. The molecule has 5 N–H and O–H groups in total. The number of aromatic nitrogens is 5. The minimum absolute atomic E-state index is 0.00100. The lowest BCUT2D eigenvalue weighted by Crippen LogP contribution is -2.52. The fraction of sp³-hybridized carbons (Fsp3) is 0.375. The number of rotatable bonds is 17. The fourth-order valence-electron chi connectivity index (χ4n) is 4.93. The molecule has 4 rings (SSSR count). The molecule has 15 nitrogen and oxygen atoms in total. The maximum atomic E-state index is 12.8. The van der Waals surface area contributed by atoms with Crippen molar-refractivity contribution in [1.82, 2.24) is 24.1 Å². The number of aliphatic carboxylic acids is 2. The summed E-state index contributed by atoms with van der Waals surface area (Å²) >= 11 is 6.16. The van der Waals surface area contributed by atoms with Crippen molar-refractivity contribution in [1.29, 1.82) is 0 Å². The largest absolute Gasteiger partial charge is 0.479 e. The van der Waals surface area contributed by atoms with Gasteiger partial charge < -0.3 is 39.8 Å². The summed E-state index contributed by atoms with van der Waals surface area (Å²) in [5.74, 6) is -0.698. The van der Waals surface area contributed by atoms with E-state index in [2.05, 4.69) is 26.2 Å². The topological polar surface area (TPSA) is 211 Å². The number of hydrogen-bond donors (Lipinski definition) is 5. The predicted octanol–water partition coefficient (Wildman–Crippen LogP) is 2.19. The zero-order valence-electron chi connectivity index (χ0n) is 26.1. The summed E-state index contributed by atoms with van der Waals surface area (Å²) in [5, 5.41) is 42.6. The molecule has 3 aromatic heterocycles. The Morgan fingerprint density at radius 3 is 2.44 bits per heavy atom. The highest BCUT2D eigenvalue weighted by Crippen LogP contribution is 2.28. The summed E-state index contributed by atoms with van der Waals surface area (Å²) in [5.41, 5.74) is -1.32. The molecule has 0 fully saturated rings. The molecule has 1 aromatic carbocycles. The number of carboxylic acid groups (broad SMARTS) is 2. The maximum absolute atomic E-state index is 12.8. The lowest BCUT2D eigenvalue weighted by molar-refractivity contribution is -0.192. The summed E-state index contributed by atoms with van der Waals surface area (Å²) < 4.78 is 14.4. The Balaban J connectivity index is 1.56. The zero-order valence-corrected chi connectivity index (χ0v) is 26.9. The Hall–Kier alpha value is -4.85. The number of carboxylic acids is 2. The van der Waals surface area contributed by atoms with Gasteiger partial charge in [-0.3, -0.25) is 9.36 Å². The molecule has 0 amide bonds. The second-order valence-corrected chi connectivity index (χ2v) is 11.4. The first-order valence-electron chi connectivity index (χ1n) is 14.8. The Kier molecular flexibility index (Phi) is 11.9. The van der Waals surface area contributed by atoms with E-state index < -0.39 is 49.5 Å². The van der Waals surface area contributed by atoms with Crippen LogP contribution in [0.15, 0.2) is 53.7 Å². The third-order valence-corrected chi connectivity index (χ3v) is 7.43. The van der Waals surface area contributed by atoms with Crippen LogP contribution in [-0.2, 0) is 32.0 Å². The number of aliphatic hydroxyl groups excluding tert-OH is 2. The van der Waals surface area contributed by atoms with Gasteiger partial charge in [-0.25, -0.2) is 14.6 Å². The van der Waals surface area contributed by atoms with Gasteiger partial charge in [0.25, 0.3) is 11.2 Å². The number of anilines is 1. The van der Waals surface area contributed by atoms with Crippen LogP contribution in [0.4, 0.5) is 5.82 Å². The molecule has 0 aliphatic rings. The van der Waals surface area contributed by atoms with Crippen molar-refractivity contribution in [3.8, 4) is 23.5 Å². The van der Waals surface area contributed by atoms with Crippen LogP contribution in [0.2, 0.25) is 5.28 Å². The van der Waals surface area contributed by atoms with Gasteiger partial charge in [0.1, 0.15) is 12.3 Å². The standard InChI is InChI=1S/C32H35ClN6O9/c1-4-6-24(39-18-34-25-26(35-19(2)3)36-31(33)37-27(25)39)48-22(16-41)17-47-32(29(43)44,30(45)46)15-20-8-10-21(11-9-20)23-7-5-12-38(13-14-40)28(23)42/h1,5,7-12,18-19,22,24,40-41H,6,13-17H2,2-3H3,(H,43,44)(H,45,46)(H,35,36,37)/t22-,24+/m0/s1. The van der Waals surface area contributed by atoms with Crippen molar-refractivity contribution in [3.05, 3.63) is 70.1 Å². The number of nitrogens with zero attached hydrogens (tertiary/aromatic N) is 5. The van der Waals surface area contributed by atoms with Gasteiger partial charge in [0.05, 0.1) is 32.6 Å². The molecule has 4 aromatic rings. The number of ether oxygens (including phenoxy) is 2. The maximum Gasteiger partial charge on any atom is 0.348 e. The molecule has 254 valence electrons. The van der Waals surface area contributed by atoms with E-state index in [1.54, 1.807) is 30.5 Å². The lowest BCUT2D eigenvalue weighted by atomic mass is 9.93. The van der Waals surface area contributed by atoms with E-state index in [1.807, 2.05) is 13.8 Å². The van der Waals surface area contributed by atoms with Gasteiger partial charge in [0.15, 0.2) is 17.0 Å². The number of nitrogens with one attached hydrogen (secondary N) is 1. The average molecular weight is 683 g/mol. The molecule has 0 saturated heterocycles. The van der Waals surface area contributed by atoms with E-state index in [0.29, 0.717) is 22.5 Å². The summed E-state index contributed by atoms with van der Waals surface area (Å²) in [7, 11) is 0. The molecule has 3 heterocycles. The quantitative estimate of drug-likeness (QED) is 0.0615. The van der Waals surface area contributed by atoms with Crippen molar-refractivity contribution in [2.75, 3.05) is 25.1 Å². The molecule has 0 spiro atoms. The lowest BCUT2D eigenvalue weighted by Gasteiger charge is -2.29. The van der Waals surface area contributed by atoms with Crippen LogP contribution in [0.3, 0.4) is 0 Å². The molecule has 0 saturated carbocycles. The highest BCUT2D eigenvalue weighted by atomic mass is 35.5. The number of imidazole rings is 1. The van der Waals surface area contributed by atoms with Gasteiger partial charge in [-0.1, -0.05) is 24.3 Å². The van der Waals surface area contributed by atoms with Crippen molar-refractivity contribution in [2.24, 2.45) is 0 Å². The molecular formula is C32H35ClN6O9. The Morgan fingerprint density at radius 1 is 1.12 bits per heavy atom. The normalized spacial score (nSPS) is 12.9. The third kappa shape index (κ3) is 7.98. The molecule has 0 radical (unpaired) electrons. The summed E-state index contributed by atoms with van der Waals surface area (Å²) in [6.07, 6.45) is 5.68. The van der Waals surface area contributed by atoms with Gasteiger partial charge in [-0.15, -0.1) is 12.3 Å². The van der Waals surface area contributed by atoms with Crippen LogP contribution < -0.4 is 10.9 Å². The van der Waals surface area contributed by atoms with Gasteiger partial charge in [0, 0.05) is 30.8 Å². The van der Waals surface area contributed by atoms with Gasteiger partial charge >= 0.3 is 11.9 Å². The first-order valence-corrected chi connectivity index (χ1v) is 15.2. The number of halogens is 1. The minimum Gasteiger partial charge on any atom is -0.479 e. The van der Waals surface area contributed by atoms with Crippen LogP contribution in [0.25, 0.3) is 22.3 Å². The van der Waals surface area contributed by atoms with E-state index in [1.165, 1.54) is 27.6 Å². The molecule has 0 unspecified atom stereocenters. The van der Waals surface area contributed by atoms with Gasteiger partial charge in [-0.2, -0.15) is 9.97 Å². The number of pyridine rings is 1. The first kappa shape index (κ1) is 36.0. The molecule has 0 aliphatic carbocycles. The Morgan fingerprint density at radius 2 is 1.83 bits per heavy atom. The van der Waals surface area contributed by atoms with E-state index >= 15 is 0 Å². The van der Waals surface area contributed by atoms with Crippen LogP contribution >= 0.6 is 11.6 Å². The second kappa shape index (κ2) is 15.8. The molecule has 16 heteroatoms. The van der Waals surface area contributed by atoms with E-state index in [4.69, 9.17) is 27.5 Å². The number of terminal acetylenes is 1. The van der Waals surface area contributed by atoms with E-state index in [0.717, 1.165) is 0 Å². The van der Waals surface area contributed by atoms with Crippen LogP contribution in [0, 0.1) is 12.3 Å². The van der Waals surface area contributed by atoms with Crippen LogP contribution in [0.1, 0.15) is 32.1 Å². The zero-order chi connectivity index (χ0) is 35.0. The molecule has 0 bridgehead atoms. The third-order valence-electron chi connectivity index (χ3n) is 7.26. The van der Waals surface area contributed by atoms with Crippen molar-refractivity contribution in [3.63, 3.8) is 0 Å². The Bertz CT molecular complexity index is 1840. The molecule has 48 heavy (non-hydrogen) atoms. The van der Waals surface area contributed by atoms with Gasteiger partial charge in [-0.05, 0) is 48.7 Å². The van der Waals surface area contributed by atoms with E-state index in [9.17, 15) is 34.8 Å². The molecule has 0 aliphatic heterocycles. The van der Waals surface area contributed by atoms with Crippen LogP contribution in [0.5, 0.6) is 0 Å². The summed E-state index contributed by atoms with van der Waals surface area (Å²) in [4.78, 5) is 50.5. The van der Waals surface area contributed by atoms with E-state index in [-0.39, 0.29) is 47.7 Å². The predicted molar refractivity (Wildman–Crippen MR) is 174 cm³/mol. The van der Waals surface area contributed by atoms with Gasteiger partial charge in [0.2, 0.25) is 5.28 Å². The average Bonchev–Trinajstić information content (AvgIpc) is 3.46. The Labute approximate surface area is 279 Å². The number of benzene rings is 1. The minimum atomic E-state index is -2.76.